The molecule has 1 heterocycles. The molecule has 0 saturated heterocycles. The van der Waals surface area contributed by atoms with E-state index in [1.165, 1.54) is 12.1 Å². The lowest BCUT2D eigenvalue weighted by Gasteiger charge is -2.07. The van der Waals surface area contributed by atoms with Crippen molar-refractivity contribution in [3.63, 3.8) is 0 Å². The number of aromatic nitrogens is 2. The highest BCUT2D eigenvalue weighted by Gasteiger charge is 2.13. The fourth-order valence-electron chi connectivity index (χ4n) is 2.00. The van der Waals surface area contributed by atoms with Crippen molar-refractivity contribution in [1.29, 1.82) is 5.26 Å². The lowest BCUT2D eigenvalue weighted by atomic mass is 10.1. The number of nitriles is 1. The number of aryl methyl sites for hydroxylation is 2. The molecule has 0 unspecified atom stereocenters. The molecule has 0 fully saturated rings. The predicted octanol–water partition coefficient (Wildman–Crippen LogP) is 2.15. The predicted molar refractivity (Wildman–Crippen MR) is 74.9 cm³/mol. The van der Waals surface area contributed by atoms with Gasteiger partial charge in [0.15, 0.2) is 0 Å². The van der Waals surface area contributed by atoms with E-state index in [4.69, 9.17) is 5.26 Å². The van der Waals surface area contributed by atoms with Gasteiger partial charge >= 0.3 is 0 Å². The van der Waals surface area contributed by atoms with E-state index < -0.39 is 5.82 Å². The minimum absolute atomic E-state index is 0.0598. The van der Waals surface area contributed by atoms with Gasteiger partial charge in [0.05, 0.1) is 17.3 Å². The second kappa shape index (κ2) is 6.18. The van der Waals surface area contributed by atoms with Gasteiger partial charge in [0.25, 0.3) is 5.91 Å². The van der Waals surface area contributed by atoms with Gasteiger partial charge in [-0.2, -0.15) is 10.4 Å². The fraction of sp³-hybridized carbons (Fsp3) is 0.267. The van der Waals surface area contributed by atoms with Crippen LogP contribution < -0.4 is 5.32 Å². The molecule has 0 aliphatic heterocycles. The minimum atomic E-state index is -0.505. The zero-order valence-corrected chi connectivity index (χ0v) is 11.9. The van der Waals surface area contributed by atoms with Crippen LogP contribution in [0.25, 0.3) is 0 Å². The van der Waals surface area contributed by atoms with Crippen LogP contribution in [0.15, 0.2) is 24.3 Å². The molecule has 1 amide bonds. The molecule has 6 heteroatoms. The summed E-state index contributed by atoms with van der Waals surface area (Å²) >= 11 is 0. The Labute approximate surface area is 122 Å². The van der Waals surface area contributed by atoms with Gasteiger partial charge in [0, 0.05) is 18.7 Å². The van der Waals surface area contributed by atoms with E-state index in [-0.39, 0.29) is 18.0 Å². The average molecular weight is 286 g/mol. The summed E-state index contributed by atoms with van der Waals surface area (Å²) in [6.07, 6.45) is 0. The van der Waals surface area contributed by atoms with E-state index in [1.54, 1.807) is 10.7 Å². The summed E-state index contributed by atoms with van der Waals surface area (Å²) in [5.74, 6) is -0.810. The monoisotopic (exact) mass is 286 g/mol. The molecular weight excluding hydrogens is 271 g/mol. The summed E-state index contributed by atoms with van der Waals surface area (Å²) in [5.41, 5.74) is 1.79. The number of nitrogens with zero attached hydrogens (tertiary/aromatic N) is 3. The molecule has 5 nitrogen and oxygen atoms in total. The summed E-state index contributed by atoms with van der Waals surface area (Å²) in [7, 11) is 0. The smallest absolute Gasteiger partial charge is 0.269 e. The van der Waals surface area contributed by atoms with Gasteiger partial charge in [-0.3, -0.25) is 9.48 Å². The van der Waals surface area contributed by atoms with E-state index in [1.807, 2.05) is 19.9 Å². The molecule has 1 aromatic carbocycles. The fourth-order valence-corrected chi connectivity index (χ4v) is 2.00. The van der Waals surface area contributed by atoms with E-state index in [0.717, 1.165) is 11.8 Å². The van der Waals surface area contributed by atoms with E-state index in [0.29, 0.717) is 17.8 Å². The maximum absolute atomic E-state index is 13.7. The van der Waals surface area contributed by atoms with Crippen LogP contribution in [0.3, 0.4) is 0 Å². The van der Waals surface area contributed by atoms with Crippen LogP contribution in [-0.4, -0.2) is 15.7 Å². The summed E-state index contributed by atoms with van der Waals surface area (Å²) in [6.45, 7) is 4.35. The number of nitrogens with one attached hydrogen (secondary N) is 1. The van der Waals surface area contributed by atoms with Gasteiger partial charge in [-0.05, 0) is 32.0 Å². The van der Waals surface area contributed by atoms with Gasteiger partial charge < -0.3 is 5.32 Å². The SMILES string of the molecule is CCn1nc(C)cc1C(=O)NCc1ccc(C#N)cc1F. The molecule has 0 bridgehead atoms. The Bertz CT molecular complexity index is 715. The van der Waals surface area contributed by atoms with Crippen molar-refractivity contribution in [3.05, 3.63) is 52.6 Å². The summed E-state index contributed by atoms with van der Waals surface area (Å²) < 4.78 is 15.3. The molecule has 1 aromatic heterocycles. The third kappa shape index (κ3) is 3.26. The Balaban J connectivity index is 2.09. The topological polar surface area (TPSA) is 70.7 Å². The van der Waals surface area contributed by atoms with Crippen LogP contribution in [-0.2, 0) is 13.1 Å². The normalized spacial score (nSPS) is 10.2. The molecule has 21 heavy (non-hydrogen) atoms. The number of benzene rings is 1. The van der Waals surface area contributed by atoms with Crippen molar-refractivity contribution in [2.45, 2.75) is 26.9 Å². The molecule has 0 aliphatic carbocycles. The van der Waals surface area contributed by atoms with Crippen LogP contribution in [0.1, 0.15) is 34.2 Å². The molecule has 0 saturated carbocycles. The maximum Gasteiger partial charge on any atom is 0.269 e. The third-order valence-corrected chi connectivity index (χ3v) is 3.06. The summed E-state index contributed by atoms with van der Waals surface area (Å²) in [4.78, 5) is 12.1. The number of hydrogen-bond acceptors (Lipinski definition) is 3. The van der Waals surface area contributed by atoms with Crippen LogP contribution >= 0.6 is 0 Å². The minimum Gasteiger partial charge on any atom is -0.347 e. The lowest BCUT2D eigenvalue weighted by molar-refractivity contribution is 0.0940. The molecule has 0 aliphatic rings. The van der Waals surface area contributed by atoms with Gasteiger partial charge in [-0.25, -0.2) is 4.39 Å². The number of hydrogen-bond donors (Lipinski definition) is 1. The maximum atomic E-state index is 13.7. The standard InChI is InChI=1S/C15H15FN4O/c1-3-20-14(6-10(2)19-20)15(21)18-9-12-5-4-11(8-17)7-13(12)16/h4-7H,3,9H2,1-2H3,(H,18,21). The van der Waals surface area contributed by atoms with E-state index in [2.05, 4.69) is 10.4 Å². The molecular formula is C15H15FN4O. The molecule has 0 spiro atoms. The largest absolute Gasteiger partial charge is 0.347 e. The highest BCUT2D eigenvalue weighted by Crippen LogP contribution is 2.10. The first-order chi connectivity index (χ1) is 10.0. The average Bonchev–Trinajstić information content (AvgIpc) is 2.86. The van der Waals surface area contributed by atoms with Crippen molar-refractivity contribution < 1.29 is 9.18 Å². The summed E-state index contributed by atoms with van der Waals surface area (Å²) in [5, 5.41) is 15.5. The van der Waals surface area contributed by atoms with Gasteiger partial charge in [-0.15, -0.1) is 0 Å². The zero-order chi connectivity index (χ0) is 15.4. The Morgan fingerprint density at radius 3 is 2.86 bits per heavy atom. The third-order valence-electron chi connectivity index (χ3n) is 3.06. The van der Waals surface area contributed by atoms with Crippen molar-refractivity contribution in [3.8, 4) is 6.07 Å². The van der Waals surface area contributed by atoms with Gasteiger partial charge in [0.2, 0.25) is 0 Å². The highest BCUT2D eigenvalue weighted by molar-refractivity contribution is 5.92. The second-order valence-corrected chi connectivity index (χ2v) is 4.59. The van der Waals surface area contributed by atoms with Crippen molar-refractivity contribution in [2.24, 2.45) is 0 Å². The first-order valence-electron chi connectivity index (χ1n) is 6.56. The van der Waals surface area contributed by atoms with Gasteiger partial charge in [-0.1, -0.05) is 6.07 Å². The second-order valence-electron chi connectivity index (χ2n) is 4.59. The van der Waals surface area contributed by atoms with E-state index in [9.17, 15) is 9.18 Å². The number of carbonyl (C=O) groups excluding carboxylic acids is 1. The Hall–Kier alpha value is -2.68. The molecule has 0 atom stereocenters. The van der Waals surface area contributed by atoms with Crippen molar-refractivity contribution in [2.75, 3.05) is 0 Å². The molecule has 2 rings (SSSR count). The number of amides is 1. The quantitative estimate of drug-likeness (QED) is 0.936. The molecule has 0 radical (unpaired) electrons. The Morgan fingerprint density at radius 2 is 2.24 bits per heavy atom. The van der Waals surface area contributed by atoms with Crippen LogP contribution in [0.2, 0.25) is 0 Å². The van der Waals surface area contributed by atoms with E-state index >= 15 is 0 Å². The van der Waals surface area contributed by atoms with Gasteiger partial charge in [0.1, 0.15) is 11.5 Å². The first-order valence-corrected chi connectivity index (χ1v) is 6.56. The van der Waals surface area contributed by atoms with Crippen molar-refractivity contribution >= 4 is 5.91 Å². The van der Waals surface area contributed by atoms with Crippen LogP contribution in [0.4, 0.5) is 4.39 Å². The molecule has 2 aromatic rings. The number of halogens is 1. The van der Waals surface area contributed by atoms with Crippen LogP contribution in [0, 0.1) is 24.1 Å². The number of carbonyl (C=O) groups is 1. The zero-order valence-electron chi connectivity index (χ0n) is 11.9. The Kier molecular flexibility index (Phi) is 4.33. The highest BCUT2D eigenvalue weighted by atomic mass is 19.1. The molecule has 108 valence electrons. The summed E-state index contributed by atoms with van der Waals surface area (Å²) in [6, 6.07) is 7.72. The van der Waals surface area contributed by atoms with Crippen LogP contribution in [0.5, 0.6) is 0 Å². The lowest BCUT2D eigenvalue weighted by Crippen LogP contribution is -2.26. The number of rotatable bonds is 4. The van der Waals surface area contributed by atoms with Crippen molar-refractivity contribution in [1.82, 2.24) is 15.1 Å². The molecule has 1 N–H and O–H groups in total. The first kappa shape index (κ1) is 14.7. The Morgan fingerprint density at radius 1 is 1.48 bits per heavy atom.